The van der Waals surface area contributed by atoms with Crippen molar-refractivity contribution in [3.05, 3.63) is 40.9 Å². The second-order valence-electron chi connectivity index (χ2n) is 6.52. The highest BCUT2D eigenvalue weighted by atomic mass is 32.1. The van der Waals surface area contributed by atoms with Crippen molar-refractivity contribution in [3.63, 3.8) is 0 Å². The number of hydrogen-bond donors (Lipinski definition) is 0. The van der Waals surface area contributed by atoms with Gasteiger partial charge in [0, 0.05) is 42.8 Å². The topological polar surface area (TPSA) is 58.6 Å². The monoisotopic (exact) mass is 358 g/mol. The third-order valence-electron chi connectivity index (χ3n) is 5.29. The van der Waals surface area contributed by atoms with E-state index in [1.807, 2.05) is 4.90 Å². The second kappa shape index (κ2) is 6.72. The molecule has 1 fully saturated rings. The standard InChI is InChI=1S/C18H22N4O2S/c1-2-21-11-12-24-18(14-5-3-4-6-16(14)21)7-9-22(10-8-18)17(23)15-13-25-20-19-15/h3-6,13H,2,7-12H2,1H3. The number of fused-ring (bicyclic) bond motifs is 2. The number of ether oxygens (including phenoxy) is 1. The predicted octanol–water partition coefficient (Wildman–Crippen LogP) is 2.53. The SMILES string of the molecule is CCN1CCOC2(CCN(C(=O)c3csnn3)CC2)c2ccccc21. The van der Waals surface area contributed by atoms with Gasteiger partial charge in [0.2, 0.25) is 0 Å². The summed E-state index contributed by atoms with van der Waals surface area (Å²) in [5.74, 6) is -0.0271. The summed E-state index contributed by atoms with van der Waals surface area (Å²) < 4.78 is 10.2. The molecule has 7 heteroatoms. The number of piperidine rings is 1. The van der Waals surface area contributed by atoms with E-state index in [0.29, 0.717) is 25.4 Å². The van der Waals surface area contributed by atoms with Gasteiger partial charge in [0.25, 0.3) is 5.91 Å². The summed E-state index contributed by atoms with van der Waals surface area (Å²) >= 11 is 1.21. The van der Waals surface area contributed by atoms with Gasteiger partial charge in [-0.3, -0.25) is 4.79 Å². The maximum absolute atomic E-state index is 12.5. The van der Waals surface area contributed by atoms with Crippen LogP contribution in [0.3, 0.4) is 0 Å². The lowest BCUT2D eigenvalue weighted by Crippen LogP contribution is -2.46. The first-order valence-corrected chi connectivity index (χ1v) is 9.62. The normalized spacial score (nSPS) is 19.6. The Morgan fingerprint density at radius 3 is 2.80 bits per heavy atom. The molecule has 0 aliphatic carbocycles. The van der Waals surface area contributed by atoms with Crippen LogP contribution in [-0.4, -0.2) is 53.2 Å². The summed E-state index contributed by atoms with van der Waals surface area (Å²) in [7, 11) is 0. The molecule has 1 aromatic heterocycles. The maximum atomic E-state index is 12.5. The average Bonchev–Trinajstić information content (AvgIpc) is 3.15. The van der Waals surface area contributed by atoms with Crippen molar-refractivity contribution < 1.29 is 9.53 Å². The molecule has 2 aromatic rings. The van der Waals surface area contributed by atoms with Gasteiger partial charge in [0.05, 0.1) is 12.2 Å². The minimum atomic E-state index is -0.294. The molecular formula is C18H22N4O2S. The van der Waals surface area contributed by atoms with Gasteiger partial charge in [0.1, 0.15) is 0 Å². The van der Waals surface area contributed by atoms with E-state index < -0.39 is 0 Å². The van der Waals surface area contributed by atoms with E-state index in [1.165, 1.54) is 22.8 Å². The number of amides is 1. The van der Waals surface area contributed by atoms with Gasteiger partial charge < -0.3 is 14.5 Å². The lowest BCUT2D eigenvalue weighted by Gasteiger charge is -2.41. The number of aromatic nitrogens is 2. The summed E-state index contributed by atoms with van der Waals surface area (Å²) in [5, 5.41) is 5.62. The van der Waals surface area contributed by atoms with Crippen LogP contribution in [0.25, 0.3) is 0 Å². The number of likely N-dealkylation sites (N-methyl/N-ethyl adjacent to an activating group) is 1. The Labute approximate surface area is 151 Å². The Hall–Kier alpha value is -1.99. The minimum Gasteiger partial charge on any atom is -0.369 e. The first-order chi connectivity index (χ1) is 12.2. The zero-order chi connectivity index (χ0) is 17.3. The largest absolute Gasteiger partial charge is 0.369 e. The summed E-state index contributed by atoms with van der Waals surface area (Å²) in [5.41, 5.74) is 2.68. The summed E-state index contributed by atoms with van der Waals surface area (Å²) in [6.07, 6.45) is 1.62. The fourth-order valence-corrected chi connectivity index (χ4v) is 4.35. The maximum Gasteiger partial charge on any atom is 0.275 e. The van der Waals surface area contributed by atoms with E-state index in [0.717, 1.165) is 25.9 Å². The molecule has 2 aliphatic heterocycles. The first kappa shape index (κ1) is 16.5. The Kier molecular flexibility index (Phi) is 4.43. The molecule has 132 valence electrons. The van der Waals surface area contributed by atoms with Gasteiger partial charge in [-0.25, -0.2) is 0 Å². The Morgan fingerprint density at radius 1 is 1.28 bits per heavy atom. The number of carbonyl (C=O) groups excluding carboxylic acids is 1. The molecule has 4 rings (SSSR count). The lowest BCUT2D eigenvalue weighted by molar-refractivity contribution is -0.0791. The van der Waals surface area contributed by atoms with E-state index in [9.17, 15) is 4.79 Å². The van der Waals surface area contributed by atoms with Gasteiger partial charge in [0.15, 0.2) is 5.69 Å². The summed E-state index contributed by atoms with van der Waals surface area (Å²) in [6, 6.07) is 8.55. The fraction of sp³-hybridized carbons (Fsp3) is 0.500. The van der Waals surface area contributed by atoms with Crippen molar-refractivity contribution in [1.82, 2.24) is 14.5 Å². The zero-order valence-corrected chi connectivity index (χ0v) is 15.2. The van der Waals surface area contributed by atoms with Crippen molar-refractivity contribution >= 4 is 23.1 Å². The third kappa shape index (κ3) is 2.91. The molecule has 6 nitrogen and oxygen atoms in total. The van der Waals surface area contributed by atoms with Crippen LogP contribution >= 0.6 is 11.5 Å². The smallest absolute Gasteiger partial charge is 0.275 e. The molecular weight excluding hydrogens is 336 g/mol. The molecule has 1 aromatic carbocycles. The third-order valence-corrected chi connectivity index (χ3v) is 5.80. The van der Waals surface area contributed by atoms with E-state index in [-0.39, 0.29) is 11.5 Å². The van der Waals surface area contributed by atoms with Crippen LogP contribution in [0.4, 0.5) is 5.69 Å². The molecule has 0 bridgehead atoms. The second-order valence-corrected chi connectivity index (χ2v) is 7.13. The Morgan fingerprint density at radius 2 is 2.08 bits per heavy atom. The number of rotatable bonds is 2. The van der Waals surface area contributed by atoms with Crippen molar-refractivity contribution in [1.29, 1.82) is 0 Å². The first-order valence-electron chi connectivity index (χ1n) is 8.78. The van der Waals surface area contributed by atoms with E-state index in [2.05, 4.69) is 45.7 Å². The zero-order valence-electron chi connectivity index (χ0n) is 14.4. The number of nitrogens with zero attached hydrogens (tertiary/aromatic N) is 4. The molecule has 1 amide bonds. The molecule has 0 atom stereocenters. The molecule has 0 radical (unpaired) electrons. The van der Waals surface area contributed by atoms with Crippen LogP contribution in [-0.2, 0) is 10.3 Å². The Bertz CT molecular complexity index is 741. The van der Waals surface area contributed by atoms with Gasteiger partial charge in [-0.15, -0.1) is 5.10 Å². The molecule has 3 heterocycles. The number of benzene rings is 1. The number of likely N-dealkylation sites (tertiary alicyclic amines) is 1. The molecule has 1 spiro atoms. The van der Waals surface area contributed by atoms with Crippen molar-refractivity contribution in [2.75, 3.05) is 37.7 Å². The lowest BCUT2D eigenvalue weighted by atomic mass is 9.83. The van der Waals surface area contributed by atoms with Crippen molar-refractivity contribution in [3.8, 4) is 0 Å². The quantitative estimate of drug-likeness (QED) is 0.826. The van der Waals surface area contributed by atoms with Gasteiger partial charge in [-0.1, -0.05) is 22.7 Å². The van der Waals surface area contributed by atoms with Crippen LogP contribution in [0.2, 0.25) is 0 Å². The van der Waals surface area contributed by atoms with Crippen LogP contribution in [0, 0.1) is 0 Å². The predicted molar refractivity (Wildman–Crippen MR) is 97.0 cm³/mol. The number of anilines is 1. The molecule has 0 N–H and O–H groups in total. The van der Waals surface area contributed by atoms with Crippen LogP contribution in [0.15, 0.2) is 29.6 Å². The van der Waals surface area contributed by atoms with Crippen LogP contribution in [0.1, 0.15) is 35.8 Å². The molecule has 0 unspecified atom stereocenters. The highest BCUT2D eigenvalue weighted by Crippen LogP contribution is 2.43. The van der Waals surface area contributed by atoms with Crippen molar-refractivity contribution in [2.24, 2.45) is 0 Å². The van der Waals surface area contributed by atoms with Crippen LogP contribution in [0.5, 0.6) is 0 Å². The molecule has 1 saturated heterocycles. The fourth-order valence-electron chi connectivity index (χ4n) is 3.92. The number of carbonyl (C=O) groups is 1. The van der Waals surface area contributed by atoms with Gasteiger partial charge in [-0.05, 0) is 37.4 Å². The molecule has 25 heavy (non-hydrogen) atoms. The summed E-state index contributed by atoms with van der Waals surface area (Å²) in [6.45, 7) is 6.12. The minimum absolute atomic E-state index is 0.0271. The van der Waals surface area contributed by atoms with Gasteiger partial charge in [-0.2, -0.15) is 0 Å². The average molecular weight is 358 g/mol. The number of hydrogen-bond acceptors (Lipinski definition) is 6. The summed E-state index contributed by atoms with van der Waals surface area (Å²) in [4.78, 5) is 16.8. The number of para-hydroxylation sites is 1. The van der Waals surface area contributed by atoms with Crippen LogP contribution < -0.4 is 4.90 Å². The highest BCUT2D eigenvalue weighted by Gasteiger charge is 2.42. The van der Waals surface area contributed by atoms with E-state index >= 15 is 0 Å². The Balaban J connectivity index is 1.58. The van der Waals surface area contributed by atoms with Gasteiger partial charge >= 0.3 is 0 Å². The van der Waals surface area contributed by atoms with E-state index in [4.69, 9.17) is 4.74 Å². The van der Waals surface area contributed by atoms with Crippen molar-refractivity contribution in [2.45, 2.75) is 25.4 Å². The van der Waals surface area contributed by atoms with E-state index in [1.54, 1.807) is 5.38 Å². The molecule has 0 saturated carbocycles. The molecule has 2 aliphatic rings. The highest BCUT2D eigenvalue weighted by molar-refractivity contribution is 7.03.